The number of imidazole rings is 1. The van der Waals surface area contributed by atoms with E-state index in [4.69, 9.17) is 9.52 Å². The fraction of sp³-hybridized carbons (Fsp3) is 0.111. The third-order valence-electron chi connectivity index (χ3n) is 1.87. The molecule has 0 aliphatic carbocycles. The van der Waals surface area contributed by atoms with Gasteiger partial charge in [0.25, 0.3) is 0 Å². The lowest BCUT2D eigenvalue weighted by molar-refractivity contribution is 0.0662. The molecule has 0 atom stereocenters. The summed E-state index contributed by atoms with van der Waals surface area (Å²) in [7, 11) is 0. The van der Waals surface area contributed by atoms with Gasteiger partial charge in [0.2, 0.25) is 11.6 Å². The zero-order valence-corrected chi connectivity index (χ0v) is 7.47. The lowest BCUT2D eigenvalue weighted by atomic mass is 10.4. The standard InChI is InChI=1S/C9H8N2O3/c1-6-10-4-5-11(6)8-3-2-7(14-8)9(12)13/h2-5H,1H3,(H,12,13). The number of rotatable bonds is 2. The molecule has 2 aromatic heterocycles. The smallest absolute Gasteiger partial charge is 0.371 e. The van der Waals surface area contributed by atoms with Crippen molar-refractivity contribution in [3.05, 3.63) is 36.1 Å². The van der Waals surface area contributed by atoms with Crippen LogP contribution in [0.5, 0.6) is 0 Å². The molecule has 72 valence electrons. The molecule has 0 aromatic carbocycles. The molecule has 0 aliphatic rings. The molecule has 0 aliphatic heterocycles. The summed E-state index contributed by atoms with van der Waals surface area (Å²) < 4.78 is 6.77. The van der Waals surface area contributed by atoms with Gasteiger partial charge in [-0.05, 0) is 13.0 Å². The van der Waals surface area contributed by atoms with E-state index in [2.05, 4.69) is 4.98 Å². The third-order valence-corrected chi connectivity index (χ3v) is 1.87. The van der Waals surface area contributed by atoms with E-state index in [1.165, 1.54) is 6.07 Å². The first-order valence-electron chi connectivity index (χ1n) is 4.02. The zero-order valence-electron chi connectivity index (χ0n) is 7.47. The summed E-state index contributed by atoms with van der Waals surface area (Å²) in [6, 6.07) is 3.01. The van der Waals surface area contributed by atoms with Crippen LogP contribution >= 0.6 is 0 Å². The Kier molecular flexibility index (Phi) is 1.85. The lowest BCUT2D eigenvalue weighted by Crippen LogP contribution is -1.94. The number of hydrogen-bond donors (Lipinski definition) is 1. The predicted octanol–water partition coefficient (Wildman–Crippen LogP) is 1.47. The van der Waals surface area contributed by atoms with E-state index in [-0.39, 0.29) is 5.76 Å². The van der Waals surface area contributed by atoms with Crippen LogP contribution in [0, 0.1) is 6.92 Å². The van der Waals surface area contributed by atoms with Gasteiger partial charge in [0.15, 0.2) is 0 Å². The first kappa shape index (κ1) is 8.55. The van der Waals surface area contributed by atoms with E-state index >= 15 is 0 Å². The second kappa shape index (κ2) is 3.02. The van der Waals surface area contributed by atoms with Gasteiger partial charge in [-0.2, -0.15) is 0 Å². The van der Waals surface area contributed by atoms with Gasteiger partial charge in [-0.1, -0.05) is 0 Å². The number of carboxylic acids is 1. The Morgan fingerprint density at radius 3 is 2.86 bits per heavy atom. The second-order valence-corrected chi connectivity index (χ2v) is 2.79. The minimum absolute atomic E-state index is 0.0758. The first-order valence-corrected chi connectivity index (χ1v) is 4.02. The molecule has 0 unspecified atom stereocenters. The van der Waals surface area contributed by atoms with Crippen LogP contribution in [0.3, 0.4) is 0 Å². The fourth-order valence-corrected chi connectivity index (χ4v) is 1.18. The van der Waals surface area contributed by atoms with Crippen molar-refractivity contribution in [1.29, 1.82) is 0 Å². The molecule has 2 aromatic rings. The monoisotopic (exact) mass is 192 g/mol. The van der Waals surface area contributed by atoms with Crippen LogP contribution in [0.2, 0.25) is 0 Å². The highest BCUT2D eigenvalue weighted by molar-refractivity contribution is 5.84. The van der Waals surface area contributed by atoms with Gasteiger partial charge in [-0.25, -0.2) is 9.78 Å². The number of hydrogen-bond acceptors (Lipinski definition) is 3. The summed E-state index contributed by atoms with van der Waals surface area (Å²) in [6.45, 7) is 1.81. The molecule has 2 heterocycles. The number of carbonyl (C=O) groups is 1. The maximum absolute atomic E-state index is 10.6. The largest absolute Gasteiger partial charge is 0.475 e. The van der Waals surface area contributed by atoms with Crippen molar-refractivity contribution in [3.63, 3.8) is 0 Å². The minimum Gasteiger partial charge on any atom is -0.475 e. The van der Waals surface area contributed by atoms with Crippen molar-refractivity contribution in [2.45, 2.75) is 6.92 Å². The number of aryl methyl sites for hydroxylation is 1. The molecular weight excluding hydrogens is 184 g/mol. The highest BCUT2D eigenvalue weighted by atomic mass is 16.4. The Morgan fingerprint density at radius 1 is 1.57 bits per heavy atom. The van der Waals surface area contributed by atoms with Gasteiger partial charge < -0.3 is 9.52 Å². The van der Waals surface area contributed by atoms with E-state index in [0.717, 1.165) is 5.82 Å². The summed E-state index contributed by atoms with van der Waals surface area (Å²) >= 11 is 0. The van der Waals surface area contributed by atoms with Gasteiger partial charge in [0, 0.05) is 18.5 Å². The fourth-order valence-electron chi connectivity index (χ4n) is 1.18. The second-order valence-electron chi connectivity index (χ2n) is 2.79. The molecule has 0 fully saturated rings. The number of carboxylic acid groups (broad SMARTS) is 1. The summed E-state index contributed by atoms with van der Waals surface area (Å²) in [5, 5.41) is 8.65. The molecule has 0 spiro atoms. The van der Waals surface area contributed by atoms with Gasteiger partial charge >= 0.3 is 5.97 Å². The van der Waals surface area contributed by atoms with E-state index in [9.17, 15) is 4.79 Å². The van der Waals surface area contributed by atoms with Crippen LogP contribution < -0.4 is 0 Å². The van der Waals surface area contributed by atoms with E-state index in [0.29, 0.717) is 5.88 Å². The molecule has 2 rings (SSSR count). The van der Waals surface area contributed by atoms with Crippen LogP contribution in [0.15, 0.2) is 28.9 Å². The van der Waals surface area contributed by atoms with Crippen LogP contribution in [0.1, 0.15) is 16.4 Å². The Hall–Kier alpha value is -2.04. The molecule has 0 saturated carbocycles. The van der Waals surface area contributed by atoms with Crippen molar-refractivity contribution < 1.29 is 14.3 Å². The number of nitrogens with zero attached hydrogens (tertiary/aromatic N) is 2. The van der Waals surface area contributed by atoms with Crippen molar-refractivity contribution in [2.24, 2.45) is 0 Å². The van der Waals surface area contributed by atoms with Gasteiger partial charge in [0.05, 0.1) is 0 Å². The normalized spacial score (nSPS) is 10.4. The van der Waals surface area contributed by atoms with Crippen LogP contribution in [0.4, 0.5) is 0 Å². The van der Waals surface area contributed by atoms with Crippen LogP contribution in [-0.2, 0) is 0 Å². The van der Waals surface area contributed by atoms with E-state index < -0.39 is 5.97 Å². The topological polar surface area (TPSA) is 68.3 Å². The summed E-state index contributed by atoms with van der Waals surface area (Å²) in [6.07, 6.45) is 3.33. The molecule has 5 nitrogen and oxygen atoms in total. The first-order chi connectivity index (χ1) is 6.68. The maximum atomic E-state index is 10.6. The Morgan fingerprint density at radius 2 is 2.36 bits per heavy atom. The average molecular weight is 192 g/mol. The van der Waals surface area contributed by atoms with E-state index in [1.54, 1.807) is 23.0 Å². The highest BCUT2D eigenvalue weighted by Gasteiger charge is 2.10. The lowest BCUT2D eigenvalue weighted by Gasteiger charge is -1.98. The van der Waals surface area contributed by atoms with Crippen LogP contribution in [0.25, 0.3) is 5.88 Å². The molecule has 5 heteroatoms. The van der Waals surface area contributed by atoms with Crippen molar-refractivity contribution in [3.8, 4) is 5.88 Å². The zero-order chi connectivity index (χ0) is 10.1. The molecule has 14 heavy (non-hydrogen) atoms. The van der Waals surface area contributed by atoms with Crippen molar-refractivity contribution in [2.75, 3.05) is 0 Å². The molecule has 0 saturated heterocycles. The van der Waals surface area contributed by atoms with Gasteiger partial charge in [-0.3, -0.25) is 4.57 Å². The predicted molar refractivity (Wildman–Crippen MR) is 47.5 cm³/mol. The molecule has 0 bridgehead atoms. The molecular formula is C9H8N2O3. The Balaban J connectivity index is 2.43. The summed E-state index contributed by atoms with van der Waals surface area (Å²) in [4.78, 5) is 14.6. The number of aromatic nitrogens is 2. The highest BCUT2D eigenvalue weighted by Crippen LogP contribution is 2.14. The SMILES string of the molecule is Cc1nccn1-c1ccc(C(=O)O)o1. The molecule has 0 radical (unpaired) electrons. The third kappa shape index (κ3) is 1.28. The molecule has 1 N–H and O–H groups in total. The Bertz CT molecular complexity index is 470. The summed E-state index contributed by atoms with van der Waals surface area (Å²) in [5.74, 6) is 0.0517. The Labute approximate surface area is 79.6 Å². The van der Waals surface area contributed by atoms with Crippen molar-refractivity contribution in [1.82, 2.24) is 9.55 Å². The molecule has 0 amide bonds. The summed E-state index contributed by atoms with van der Waals surface area (Å²) in [5.41, 5.74) is 0. The minimum atomic E-state index is -1.07. The quantitative estimate of drug-likeness (QED) is 0.782. The number of aromatic carboxylic acids is 1. The van der Waals surface area contributed by atoms with Gasteiger partial charge in [-0.15, -0.1) is 0 Å². The van der Waals surface area contributed by atoms with Crippen molar-refractivity contribution >= 4 is 5.97 Å². The maximum Gasteiger partial charge on any atom is 0.371 e. The van der Waals surface area contributed by atoms with Crippen LogP contribution in [-0.4, -0.2) is 20.6 Å². The van der Waals surface area contributed by atoms with Gasteiger partial charge in [0.1, 0.15) is 5.82 Å². The average Bonchev–Trinajstić information content (AvgIpc) is 2.71. The van der Waals surface area contributed by atoms with E-state index in [1.807, 2.05) is 6.92 Å². The number of furan rings is 1.